The first kappa shape index (κ1) is 39.5. The molecular formula is C30H62NO8P. The number of carbonyl (C=O) groups is 1. The molecule has 2 unspecified atom stereocenters. The van der Waals surface area contributed by atoms with E-state index in [9.17, 15) is 14.3 Å². The number of likely N-dealkylation sites (N-methyl/N-ethyl adjacent to an activating group) is 1. The van der Waals surface area contributed by atoms with Gasteiger partial charge >= 0.3 is 5.97 Å². The number of carbonyl (C=O) groups excluding carboxylic acids is 1. The van der Waals surface area contributed by atoms with Crippen molar-refractivity contribution in [2.45, 2.75) is 141 Å². The first-order chi connectivity index (χ1) is 19.1. The van der Waals surface area contributed by atoms with Gasteiger partial charge in [0.2, 0.25) is 0 Å². The molecule has 0 radical (unpaired) electrons. The van der Waals surface area contributed by atoms with Crippen LogP contribution in [0.2, 0.25) is 0 Å². The van der Waals surface area contributed by atoms with Crippen LogP contribution >= 0.6 is 7.82 Å². The number of hydrogen-bond acceptors (Lipinski definition) is 8. The van der Waals surface area contributed by atoms with Crippen LogP contribution in [0.1, 0.15) is 135 Å². The normalized spacial score (nSPS) is 14.2. The minimum atomic E-state index is -4.53. The lowest BCUT2D eigenvalue weighted by Gasteiger charge is -2.27. The Bertz CT molecular complexity index is 629. The van der Waals surface area contributed by atoms with Gasteiger partial charge in [0.05, 0.1) is 27.7 Å². The van der Waals surface area contributed by atoms with Crippen molar-refractivity contribution in [2.24, 2.45) is 0 Å². The van der Waals surface area contributed by atoms with Gasteiger partial charge in [-0.25, -0.2) is 4.89 Å². The monoisotopic (exact) mass is 595 g/mol. The smallest absolute Gasteiger partial charge is 0.305 e. The molecule has 1 N–H and O–H groups in total. The van der Waals surface area contributed by atoms with Crippen LogP contribution in [0.5, 0.6) is 0 Å². The van der Waals surface area contributed by atoms with Crippen molar-refractivity contribution in [3.63, 3.8) is 0 Å². The molecule has 2 atom stereocenters. The highest BCUT2D eigenvalue weighted by molar-refractivity contribution is 7.45. The summed E-state index contributed by atoms with van der Waals surface area (Å²) in [6, 6.07) is 0. The van der Waals surface area contributed by atoms with E-state index < -0.39 is 26.5 Å². The first-order valence-electron chi connectivity index (χ1n) is 16.0. The molecule has 0 aliphatic carbocycles. The van der Waals surface area contributed by atoms with E-state index in [-0.39, 0.29) is 19.6 Å². The molecule has 0 aromatic heterocycles. The molecule has 9 nitrogen and oxygen atoms in total. The largest absolute Gasteiger partial charge is 0.756 e. The van der Waals surface area contributed by atoms with Crippen LogP contribution in [-0.2, 0) is 28.0 Å². The maximum atomic E-state index is 11.9. The lowest BCUT2D eigenvalue weighted by Crippen LogP contribution is -2.37. The maximum Gasteiger partial charge on any atom is 0.305 e. The van der Waals surface area contributed by atoms with Crippen LogP contribution in [0, 0.1) is 0 Å². The third-order valence-corrected chi connectivity index (χ3v) is 7.96. The number of phosphoric acid groups is 1. The van der Waals surface area contributed by atoms with Gasteiger partial charge in [0, 0.05) is 6.42 Å². The number of phosphoric ester groups is 1. The Morgan fingerprint density at radius 1 is 0.725 bits per heavy atom. The average Bonchev–Trinajstić information content (AvgIpc) is 2.89. The Kier molecular flexibility index (Phi) is 25.8. The summed E-state index contributed by atoms with van der Waals surface area (Å²) >= 11 is 0. The third kappa shape index (κ3) is 29.0. The summed E-state index contributed by atoms with van der Waals surface area (Å²) in [5.41, 5.74) is 0. The number of unbranched alkanes of at least 4 members (excludes halogenated alkanes) is 18. The van der Waals surface area contributed by atoms with E-state index in [0.717, 1.165) is 19.3 Å². The molecule has 0 amide bonds. The fourth-order valence-corrected chi connectivity index (χ4v) is 5.08. The van der Waals surface area contributed by atoms with Crippen molar-refractivity contribution in [3.05, 3.63) is 0 Å². The van der Waals surface area contributed by atoms with E-state index in [1.54, 1.807) is 0 Å². The van der Waals surface area contributed by atoms with Crippen molar-refractivity contribution < 1.29 is 42.7 Å². The van der Waals surface area contributed by atoms with Crippen LogP contribution in [0.4, 0.5) is 0 Å². The summed E-state index contributed by atoms with van der Waals surface area (Å²) in [5, 5.41) is 8.96. The van der Waals surface area contributed by atoms with Crippen LogP contribution in [0.3, 0.4) is 0 Å². The second-order valence-corrected chi connectivity index (χ2v) is 13.5. The maximum absolute atomic E-state index is 11.9. The Hall–Kier alpha value is -0.540. The molecule has 0 saturated carbocycles. The first-order valence-corrected chi connectivity index (χ1v) is 17.4. The van der Waals surface area contributed by atoms with Gasteiger partial charge in [-0.15, -0.1) is 0 Å². The van der Waals surface area contributed by atoms with Gasteiger partial charge in [-0.1, -0.05) is 122 Å². The van der Waals surface area contributed by atoms with E-state index in [0.29, 0.717) is 11.0 Å². The Balaban J connectivity index is 3.55. The number of rotatable bonds is 30. The molecule has 0 aromatic carbocycles. The average molecular weight is 596 g/mol. The third-order valence-electron chi connectivity index (χ3n) is 6.99. The predicted octanol–water partition coefficient (Wildman–Crippen LogP) is 7.42. The quantitative estimate of drug-likeness (QED) is 0.0228. The molecule has 0 spiro atoms. The SMILES string of the molecule is CCCCCCCCCCCCCCCCCCCCCC(=O)OCC(COP(=O)([O-])OCC[N+](C)(C)C)OO. The van der Waals surface area contributed by atoms with Gasteiger partial charge in [-0.3, -0.25) is 14.6 Å². The Morgan fingerprint density at radius 3 is 1.55 bits per heavy atom. The van der Waals surface area contributed by atoms with Crippen molar-refractivity contribution in [1.29, 1.82) is 0 Å². The lowest BCUT2D eigenvalue weighted by molar-refractivity contribution is -0.870. The van der Waals surface area contributed by atoms with Crippen molar-refractivity contribution in [2.75, 3.05) is 47.5 Å². The molecule has 10 heteroatoms. The standard InChI is InChI=1S/C30H62NO8P/c1-5-6-7-8-9-10-11-12-13-14-15-16-17-18-19-20-21-22-23-24-30(32)36-27-29(39-33)28-38-40(34,35)37-26-25-31(2,3)4/h29H,5-28H2,1-4H3,(H-,33,34,35). The van der Waals surface area contributed by atoms with E-state index >= 15 is 0 Å². The van der Waals surface area contributed by atoms with Crippen molar-refractivity contribution in [3.8, 4) is 0 Å². The summed E-state index contributed by atoms with van der Waals surface area (Å²) in [6.45, 7) is 1.92. The Labute approximate surface area is 245 Å². The number of esters is 1. The van der Waals surface area contributed by atoms with Crippen LogP contribution < -0.4 is 4.89 Å². The second kappa shape index (κ2) is 26.1. The molecule has 0 aliphatic heterocycles. The highest BCUT2D eigenvalue weighted by Gasteiger charge is 2.19. The molecule has 0 aromatic rings. The molecule has 0 fully saturated rings. The fourth-order valence-electron chi connectivity index (χ4n) is 4.35. The van der Waals surface area contributed by atoms with Gasteiger partial charge in [-0.05, 0) is 6.42 Å². The number of hydrogen-bond donors (Lipinski definition) is 1. The predicted molar refractivity (Wildman–Crippen MR) is 159 cm³/mol. The molecule has 0 saturated heterocycles. The summed E-state index contributed by atoms with van der Waals surface area (Å²) < 4.78 is 26.9. The van der Waals surface area contributed by atoms with Crippen LogP contribution in [0.15, 0.2) is 0 Å². The molecule has 240 valence electrons. The van der Waals surface area contributed by atoms with Gasteiger partial charge in [0.1, 0.15) is 19.8 Å². The number of ether oxygens (including phenoxy) is 1. The van der Waals surface area contributed by atoms with E-state index in [4.69, 9.17) is 19.0 Å². The molecule has 0 heterocycles. The van der Waals surface area contributed by atoms with E-state index in [2.05, 4.69) is 11.8 Å². The summed E-state index contributed by atoms with van der Waals surface area (Å²) in [5.74, 6) is -0.404. The zero-order valence-corrected chi connectivity index (χ0v) is 27.1. The topological polar surface area (TPSA) is 114 Å². The zero-order valence-electron chi connectivity index (χ0n) is 26.2. The molecule has 40 heavy (non-hydrogen) atoms. The Morgan fingerprint density at radius 2 is 1.15 bits per heavy atom. The molecular weight excluding hydrogens is 533 g/mol. The highest BCUT2D eigenvalue weighted by atomic mass is 31.2. The lowest BCUT2D eigenvalue weighted by atomic mass is 10.0. The number of quaternary nitrogens is 1. The van der Waals surface area contributed by atoms with Crippen LogP contribution in [0.25, 0.3) is 0 Å². The molecule has 0 rings (SSSR count). The number of nitrogens with zero attached hydrogens (tertiary/aromatic N) is 1. The summed E-state index contributed by atoms with van der Waals surface area (Å²) in [6.07, 6.45) is 23.8. The van der Waals surface area contributed by atoms with Gasteiger partial charge in [0.15, 0.2) is 6.10 Å². The summed E-state index contributed by atoms with van der Waals surface area (Å²) in [4.78, 5) is 27.9. The second-order valence-electron chi connectivity index (χ2n) is 12.1. The summed E-state index contributed by atoms with van der Waals surface area (Å²) in [7, 11) is 1.19. The zero-order chi connectivity index (χ0) is 30.0. The minimum Gasteiger partial charge on any atom is -0.756 e. The van der Waals surface area contributed by atoms with Gasteiger partial charge in [0.25, 0.3) is 7.82 Å². The van der Waals surface area contributed by atoms with Gasteiger partial charge < -0.3 is 23.2 Å². The minimum absolute atomic E-state index is 0.0245. The van der Waals surface area contributed by atoms with Crippen LogP contribution in [-0.4, -0.2) is 69.3 Å². The van der Waals surface area contributed by atoms with Gasteiger partial charge in [-0.2, -0.15) is 0 Å². The van der Waals surface area contributed by atoms with E-state index in [1.165, 1.54) is 103 Å². The highest BCUT2D eigenvalue weighted by Crippen LogP contribution is 2.38. The van der Waals surface area contributed by atoms with Crippen molar-refractivity contribution >= 4 is 13.8 Å². The molecule has 0 aliphatic rings. The van der Waals surface area contributed by atoms with Crippen molar-refractivity contribution in [1.82, 2.24) is 0 Å². The van der Waals surface area contributed by atoms with E-state index in [1.807, 2.05) is 21.1 Å². The fraction of sp³-hybridized carbons (Fsp3) is 0.967. The molecule has 0 bridgehead atoms.